The first-order valence-electron chi connectivity index (χ1n) is 6.73. The minimum absolute atomic E-state index is 0.103. The number of carbonyl (C=O) groups is 1. The van der Waals surface area contributed by atoms with Gasteiger partial charge >= 0.3 is 0 Å². The molecule has 0 saturated carbocycles. The maximum atomic E-state index is 12.2. The number of sulfonamides is 1. The summed E-state index contributed by atoms with van der Waals surface area (Å²) in [7, 11) is -2.27. The van der Waals surface area contributed by atoms with Crippen LogP contribution in [-0.4, -0.2) is 31.9 Å². The van der Waals surface area contributed by atoms with E-state index in [0.29, 0.717) is 5.56 Å². The second-order valence-corrected chi connectivity index (χ2v) is 7.16. The molecule has 1 aromatic rings. The molecular weight excluding hydrogens is 290 g/mol. The maximum Gasteiger partial charge on any atom is 0.257 e. The van der Waals surface area contributed by atoms with Crippen molar-refractivity contribution in [3.63, 3.8) is 0 Å². The van der Waals surface area contributed by atoms with E-state index in [4.69, 9.17) is 0 Å². The molecule has 114 valence electrons. The van der Waals surface area contributed by atoms with Crippen LogP contribution in [0.15, 0.2) is 35.5 Å². The highest BCUT2D eigenvalue weighted by molar-refractivity contribution is 7.89. The van der Waals surface area contributed by atoms with Gasteiger partial charge in [-0.05, 0) is 45.4 Å². The zero-order chi connectivity index (χ0) is 15.5. The molecule has 1 amide bonds. The molecule has 1 atom stereocenters. The van der Waals surface area contributed by atoms with Gasteiger partial charge in [0.2, 0.25) is 0 Å². The van der Waals surface area contributed by atoms with E-state index in [-0.39, 0.29) is 16.5 Å². The number of hydrogen-bond donors (Lipinski definition) is 2. The summed E-state index contributed by atoms with van der Waals surface area (Å²) >= 11 is 0. The smallest absolute Gasteiger partial charge is 0.257 e. The van der Waals surface area contributed by atoms with Crippen LogP contribution in [0.2, 0.25) is 0 Å². The van der Waals surface area contributed by atoms with E-state index in [9.17, 15) is 13.2 Å². The van der Waals surface area contributed by atoms with Gasteiger partial charge in [-0.3, -0.25) is 4.79 Å². The SMILES string of the molecule is CNS(=O)(=O)c1ccc(C(=O)NC2(C)CC=CCC2)cn1. The number of pyridine rings is 1. The van der Waals surface area contributed by atoms with E-state index in [2.05, 4.69) is 27.2 Å². The van der Waals surface area contributed by atoms with E-state index in [0.717, 1.165) is 19.3 Å². The average molecular weight is 309 g/mol. The van der Waals surface area contributed by atoms with Crippen molar-refractivity contribution in [1.82, 2.24) is 15.0 Å². The number of carbonyl (C=O) groups excluding carboxylic acids is 1. The van der Waals surface area contributed by atoms with Crippen molar-refractivity contribution in [2.24, 2.45) is 0 Å². The number of amides is 1. The monoisotopic (exact) mass is 309 g/mol. The molecule has 6 nitrogen and oxygen atoms in total. The van der Waals surface area contributed by atoms with Gasteiger partial charge in [0.15, 0.2) is 5.03 Å². The van der Waals surface area contributed by atoms with Gasteiger partial charge < -0.3 is 5.32 Å². The first-order chi connectivity index (χ1) is 9.86. The Kier molecular flexibility index (Phi) is 4.43. The van der Waals surface area contributed by atoms with Gasteiger partial charge in [-0.1, -0.05) is 12.2 Å². The molecule has 0 saturated heterocycles. The number of nitrogens with one attached hydrogen (secondary N) is 2. The molecule has 1 aliphatic rings. The number of aromatic nitrogens is 1. The molecule has 0 bridgehead atoms. The van der Waals surface area contributed by atoms with Crippen molar-refractivity contribution in [3.8, 4) is 0 Å². The molecule has 7 heteroatoms. The zero-order valence-electron chi connectivity index (χ0n) is 12.1. The second-order valence-electron chi connectivity index (χ2n) is 5.32. The minimum atomic E-state index is -3.58. The van der Waals surface area contributed by atoms with Crippen LogP contribution in [0.3, 0.4) is 0 Å². The third kappa shape index (κ3) is 3.68. The standard InChI is InChI=1S/C14H19N3O3S/c1-14(8-4-3-5-9-14)17-13(18)11-6-7-12(16-10-11)21(19,20)15-2/h3-4,6-7,10,15H,5,8-9H2,1-2H3,(H,17,18). The Balaban J connectivity index is 2.12. The van der Waals surface area contributed by atoms with Crippen LogP contribution < -0.4 is 10.0 Å². The molecular formula is C14H19N3O3S. The Morgan fingerprint density at radius 2 is 2.10 bits per heavy atom. The Morgan fingerprint density at radius 3 is 2.62 bits per heavy atom. The highest BCUT2D eigenvalue weighted by Crippen LogP contribution is 2.23. The molecule has 0 spiro atoms. The summed E-state index contributed by atoms with van der Waals surface area (Å²) in [6, 6.07) is 2.79. The van der Waals surface area contributed by atoms with Crippen LogP contribution in [0, 0.1) is 0 Å². The first-order valence-corrected chi connectivity index (χ1v) is 8.22. The molecule has 1 aromatic heterocycles. The van der Waals surface area contributed by atoms with E-state index in [1.54, 1.807) is 0 Å². The predicted molar refractivity (Wildman–Crippen MR) is 79.3 cm³/mol. The lowest BCUT2D eigenvalue weighted by molar-refractivity contribution is 0.0900. The second kappa shape index (κ2) is 5.95. The summed E-state index contributed by atoms with van der Waals surface area (Å²) in [6.45, 7) is 2.00. The molecule has 1 aliphatic carbocycles. The summed E-state index contributed by atoms with van der Waals surface area (Å²) in [5.41, 5.74) is 0.0856. The summed E-state index contributed by atoms with van der Waals surface area (Å²) in [4.78, 5) is 16.0. The maximum absolute atomic E-state index is 12.2. The van der Waals surface area contributed by atoms with Crippen LogP contribution in [0.4, 0.5) is 0 Å². The molecule has 1 unspecified atom stereocenters. The van der Waals surface area contributed by atoms with E-state index < -0.39 is 10.0 Å². The van der Waals surface area contributed by atoms with Crippen LogP contribution in [-0.2, 0) is 10.0 Å². The molecule has 2 rings (SSSR count). The highest BCUT2D eigenvalue weighted by atomic mass is 32.2. The average Bonchev–Trinajstić information content (AvgIpc) is 2.47. The van der Waals surface area contributed by atoms with E-state index in [1.165, 1.54) is 25.4 Å². The van der Waals surface area contributed by atoms with Crippen molar-refractivity contribution in [1.29, 1.82) is 0 Å². The minimum Gasteiger partial charge on any atom is -0.347 e. The Bertz CT molecular complexity index is 653. The van der Waals surface area contributed by atoms with Crippen molar-refractivity contribution in [2.45, 2.75) is 36.8 Å². The fourth-order valence-corrected chi connectivity index (χ4v) is 2.85. The summed E-state index contributed by atoms with van der Waals surface area (Å²) in [5, 5.41) is 2.89. The number of hydrogen-bond acceptors (Lipinski definition) is 4. The molecule has 2 N–H and O–H groups in total. The third-order valence-corrected chi connectivity index (χ3v) is 4.89. The fourth-order valence-electron chi connectivity index (χ4n) is 2.20. The first kappa shape index (κ1) is 15.7. The molecule has 0 aliphatic heterocycles. The molecule has 0 radical (unpaired) electrons. The lowest BCUT2D eigenvalue weighted by atomic mass is 9.87. The van der Waals surface area contributed by atoms with Gasteiger partial charge in [0.05, 0.1) is 5.56 Å². The zero-order valence-corrected chi connectivity index (χ0v) is 12.9. The lowest BCUT2D eigenvalue weighted by Crippen LogP contribution is -2.46. The quantitative estimate of drug-likeness (QED) is 0.819. The van der Waals surface area contributed by atoms with E-state index >= 15 is 0 Å². The number of nitrogens with zero attached hydrogens (tertiary/aromatic N) is 1. The largest absolute Gasteiger partial charge is 0.347 e. The van der Waals surface area contributed by atoms with Gasteiger partial charge in [-0.25, -0.2) is 18.1 Å². The van der Waals surface area contributed by atoms with Gasteiger partial charge in [0.1, 0.15) is 0 Å². The molecule has 0 aromatic carbocycles. The normalized spacial score (nSPS) is 22.0. The van der Waals surface area contributed by atoms with Crippen LogP contribution in [0.5, 0.6) is 0 Å². The Labute approximate surface area is 124 Å². The van der Waals surface area contributed by atoms with Crippen molar-refractivity contribution < 1.29 is 13.2 Å². The fraction of sp³-hybridized carbons (Fsp3) is 0.429. The molecule has 1 heterocycles. The van der Waals surface area contributed by atoms with Crippen LogP contribution in [0.1, 0.15) is 36.5 Å². The summed E-state index contributed by atoms with van der Waals surface area (Å²) in [6.07, 6.45) is 8.06. The molecule has 0 fully saturated rings. The summed E-state index contributed by atoms with van der Waals surface area (Å²) < 4.78 is 25.3. The highest BCUT2D eigenvalue weighted by Gasteiger charge is 2.27. The number of rotatable bonds is 4. The van der Waals surface area contributed by atoms with Gasteiger partial charge in [-0.15, -0.1) is 0 Å². The van der Waals surface area contributed by atoms with Crippen molar-refractivity contribution in [2.75, 3.05) is 7.05 Å². The van der Waals surface area contributed by atoms with Gasteiger partial charge in [-0.2, -0.15) is 0 Å². The van der Waals surface area contributed by atoms with Gasteiger partial charge in [0.25, 0.3) is 15.9 Å². The Hall–Kier alpha value is -1.73. The lowest BCUT2D eigenvalue weighted by Gasteiger charge is -2.31. The van der Waals surface area contributed by atoms with Crippen LogP contribution in [0.25, 0.3) is 0 Å². The summed E-state index contributed by atoms with van der Waals surface area (Å²) in [5.74, 6) is -0.242. The third-order valence-electron chi connectivity index (χ3n) is 3.56. The van der Waals surface area contributed by atoms with E-state index in [1.807, 2.05) is 6.92 Å². The van der Waals surface area contributed by atoms with Crippen molar-refractivity contribution in [3.05, 3.63) is 36.0 Å². The van der Waals surface area contributed by atoms with Crippen LogP contribution >= 0.6 is 0 Å². The predicted octanol–water partition coefficient (Wildman–Crippen LogP) is 1.22. The molecule has 21 heavy (non-hydrogen) atoms. The van der Waals surface area contributed by atoms with Crippen molar-refractivity contribution >= 4 is 15.9 Å². The number of allylic oxidation sites excluding steroid dienone is 1. The Morgan fingerprint density at radius 1 is 1.33 bits per heavy atom. The topological polar surface area (TPSA) is 88.2 Å². The van der Waals surface area contributed by atoms with Gasteiger partial charge in [0, 0.05) is 11.7 Å².